The van der Waals surface area contributed by atoms with Crippen LogP contribution in [0.4, 0.5) is 5.69 Å². The van der Waals surface area contributed by atoms with E-state index >= 15 is 0 Å². The van der Waals surface area contributed by atoms with Crippen LogP contribution in [0, 0.1) is 0 Å². The molecule has 2 heteroatoms. The lowest BCUT2D eigenvalue weighted by Gasteiger charge is -2.23. The van der Waals surface area contributed by atoms with Crippen LogP contribution in [-0.2, 0) is 0 Å². The van der Waals surface area contributed by atoms with Crippen molar-refractivity contribution in [1.29, 1.82) is 0 Å². The minimum atomic E-state index is 0.744. The first-order chi connectivity index (χ1) is 12.2. The van der Waals surface area contributed by atoms with Crippen molar-refractivity contribution in [1.82, 2.24) is 0 Å². The zero-order valence-electron chi connectivity index (χ0n) is 15.6. The van der Waals surface area contributed by atoms with Gasteiger partial charge in [0.2, 0.25) is 0 Å². The van der Waals surface area contributed by atoms with Crippen LogP contribution in [0.2, 0.25) is 0 Å². The lowest BCUT2D eigenvalue weighted by atomic mass is 9.84. The Balaban J connectivity index is 2.17. The van der Waals surface area contributed by atoms with Crippen LogP contribution in [0.25, 0.3) is 0 Å². The van der Waals surface area contributed by atoms with Crippen molar-refractivity contribution < 1.29 is 0 Å². The smallest absolute Gasteiger partial charge is 0.0712 e. The van der Waals surface area contributed by atoms with Gasteiger partial charge in [0, 0.05) is 30.7 Å². The molecule has 132 valence electrons. The molecule has 0 atom stereocenters. The van der Waals surface area contributed by atoms with Gasteiger partial charge in [-0.05, 0) is 49.5 Å². The van der Waals surface area contributed by atoms with Gasteiger partial charge in [-0.2, -0.15) is 0 Å². The average molecular weight is 335 g/mol. The fourth-order valence-corrected chi connectivity index (χ4v) is 3.39. The molecule has 1 saturated carbocycles. The first-order valence-electron chi connectivity index (χ1n) is 9.18. The minimum Gasteiger partial charge on any atom is -0.350 e. The van der Waals surface area contributed by atoms with E-state index in [0.717, 1.165) is 22.9 Å². The summed E-state index contributed by atoms with van der Waals surface area (Å²) in [6.07, 6.45) is 16.1. The highest BCUT2D eigenvalue weighted by Gasteiger charge is 2.15. The summed E-state index contributed by atoms with van der Waals surface area (Å²) in [7, 11) is 2.06. The van der Waals surface area contributed by atoms with Gasteiger partial charge in [-0.1, -0.05) is 56.7 Å². The predicted molar refractivity (Wildman–Crippen MR) is 111 cm³/mol. The topological polar surface area (TPSA) is 15.6 Å². The molecule has 1 aliphatic rings. The molecule has 0 radical (unpaired) electrons. The fraction of sp³-hybridized carbons (Fsp3) is 0.348. The van der Waals surface area contributed by atoms with Gasteiger partial charge in [-0.25, -0.2) is 0 Å². The maximum Gasteiger partial charge on any atom is 0.0712 e. The predicted octanol–water partition coefficient (Wildman–Crippen LogP) is 6.40. The van der Waals surface area contributed by atoms with E-state index in [1.807, 2.05) is 19.1 Å². The highest BCUT2D eigenvalue weighted by Crippen LogP contribution is 2.33. The Morgan fingerprint density at radius 3 is 2.36 bits per heavy atom. The Morgan fingerprint density at radius 2 is 1.80 bits per heavy atom. The van der Waals surface area contributed by atoms with E-state index in [1.165, 1.54) is 37.7 Å². The van der Waals surface area contributed by atoms with Crippen molar-refractivity contribution in [3.05, 3.63) is 78.7 Å². The Morgan fingerprint density at radius 1 is 1.12 bits per heavy atom. The van der Waals surface area contributed by atoms with Gasteiger partial charge in [0.05, 0.1) is 5.70 Å². The van der Waals surface area contributed by atoms with Gasteiger partial charge >= 0.3 is 0 Å². The quantitative estimate of drug-likeness (QED) is 0.416. The lowest BCUT2D eigenvalue weighted by Crippen LogP contribution is -2.10. The van der Waals surface area contributed by atoms with Gasteiger partial charge in [0.1, 0.15) is 0 Å². The lowest BCUT2D eigenvalue weighted by molar-refractivity contribution is 0.443. The highest BCUT2D eigenvalue weighted by atomic mass is 15.1. The van der Waals surface area contributed by atoms with Crippen LogP contribution in [0.1, 0.15) is 50.5 Å². The molecule has 0 aromatic heterocycles. The highest BCUT2D eigenvalue weighted by molar-refractivity contribution is 5.59. The molecule has 2 rings (SSSR count). The summed E-state index contributed by atoms with van der Waals surface area (Å²) in [4.78, 5) is 6.52. The Kier molecular flexibility index (Phi) is 7.46. The normalized spacial score (nSPS) is 16.9. The summed E-state index contributed by atoms with van der Waals surface area (Å²) in [5.41, 5.74) is 4.47. The molecular formula is C23H30N2. The molecule has 1 aliphatic carbocycles. The van der Waals surface area contributed by atoms with Crippen LogP contribution in [0.15, 0.2) is 78.1 Å². The van der Waals surface area contributed by atoms with Crippen LogP contribution in [0.5, 0.6) is 0 Å². The number of anilines is 1. The maximum atomic E-state index is 4.41. The zero-order chi connectivity index (χ0) is 18.1. The van der Waals surface area contributed by atoms with Crippen LogP contribution in [0.3, 0.4) is 0 Å². The van der Waals surface area contributed by atoms with Crippen molar-refractivity contribution in [2.75, 3.05) is 11.9 Å². The summed E-state index contributed by atoms with van der Waals surface area (Å²) in [6, 6.07) is 8.99. The largest absolute Gasteiger partial charge is 0.350 e. The third-order valence-electron chi connectivity index (χ3n) is 4.77. The Labute approximate surface area is 153 Å². The number of nitrogens with zero attached hydrogens (tertiary/aromatic N) is 2. The number of hydrogen-bond acceptors (Lipinski definition) is 2. The Hall–Kier alpha value is -2.35. The molecule has 1 fully saturated rings. The van der Waals surface area contributed by atoms with Gasteiger partial charge < -0.3 is 4.90 Å². The van der Waals surface area contributed by atoms with E-state index in [1.54, 1.807) is 12.3 Å². The molecule has 1 aromatic carbocycles. The van der Waals surface area contributed by atoms with Gasteiger partial charge in [0.25, 0.3) is 0 Å². The monoisotopic (exact) mass is 334 g/mol. The second-order valence-electron chi connectivity index (χ2n) is 6.50. The summed E-state index contributed by atoms with van der Waals surface area (Å²) >= 11 is 0. The van der Waals surface area contributed by atoms with E-state index in [0.29, 0.717) is 0 Å². The molecule has 0 saturated heterocycles. The summed E-state index contributed by atoms with van der Waals surface area (Å²) in [5, 5.41) is 0. The molecule has 25 heavy (non-hydrogen) atoms. The molecule has 0 aliphatic heterocycles. The second kappa shape index (κ2) is 9.83. The van der Waals surface area contributed by atoms with Crippen molar-refractivity contribution in [3.63, 3.8) is 0 Å². The molecule has 0 unspecified atom stereocenters. The van der Waals surface area contributed by atoms with Gasteiger partial charge in [-0.3, -0.25) is 4.99 Å². The summed E-state index contributed by atoms with van der Waals surface area (Å²) in [6.45, 7) is 9.60. The average Bonchev–Trinajstić information content (AvgIpc) is 2.66. The van der Waals surface area contributed by atoms with E-state index in [4.69, 9.17) is 0 Å². The molecule has 0 spiro atoms. The van der Waals surface area contributed by atoms with Crippen molar-refractivity contribution in [2.45, 2.75) is 44.9 Å². The molecule has 0 N–H and O–H groups in total. The first kappa shape index (κ1) is 19.0. The van der Waals surface area contributed by atoms with E-state index in [-0.39, 0.29) is 0 Å². The van der Waals surface area contributed by atoms with Crippen molar-refractivity contribution in [2.24, 2.45) is 4.99 Å². The standard InChI is InChI=1S/C23H30N2/c1-5-11-23(24-7-3)19(6-2)18-25(4)22-16-14-21(15-17-22)20-12-9-8-10-13-20/h5-7,11,14-18,20H,1-2,8-10,12-13H2,3-4H3/b19-18+,23-11-,24-7?. The number of aliphatic imine (C=N–C) groups is 1. The Bertz CT molecular complexity index is 656. The van der Waals surface area contributed by atoms with Crippen molar-refractivity contribution in [3.8, 4) is 0 Å². The molecular weight excluding hydrogens is 304 g/mol. The number of benzene rings is 1. The molecule has 0 heterocycles. The second-order valence-corrected chi connectivity index (χ2v) is 6.50. The maximum absolute atomic E-state index is 4.41. The molecule has 1 aromatic rings. The SMILES string of the molecule is C=C/C=C(N=CC)/C(C=C)=C/N(C)c1ccc(C2CCCCC2)cc1. The van der Waals surface area contributed by atoms with Crippen LogP contribution < -0.4 is 4.90 Å². The van der Waals surface area contributed by atoms with E-state index < -0.39 is 0 Å². The van der Waals surface area contributed by atoms with Crippen LogP contribution in [-0.4, -0.2) is 13.3 Å². The summed E-state index contributed by atoms with van der Waals surface area (Å²) < 4.78 is 0. The van der Waals surface area contributed by atoms with Gasteiger partial charge in [-0.15, -0.1) is 0 Å². The van der Waals surface area contributed by atoms with Crippen LogP contribution >= 0.6 is 0 Å². The number of rotatable bonds is 7. The fourth-order valence-electron chi connectivity index (χ4n) is 3.39. The van der Waals surface area contributed by atoms with E-state index in [9.17, 15) is 0 Å². The molecule has 0 amide bonds. The molecule has 0 bridgehead atoms. The first-order valence-corrected chi connectivity index (χ1v) is 9.18. The minimum absolute atomic E-state index is 0.744. The van der Waals surface area contributed by atoms with Gasteiger partial charge in [0.15, 0.2) is 0 Å². The molecule has 2 nitrogen and oxygen atoms in total. The third-order valence-corrected chi connectivity index (χ3v) is 4.77. The number of allylic oxidation sites excluding steroid dienone is 3. The third kappa shape index (κ3) is 5.32. The zero-order valence-corrected chi connectivity index (χ0v) is 15.6. The summed E-state index contributed by atoms with van der Waals surface area (Å²) in [5.74, 6) is 0.744. The van der Waals surface area contributed by atoms with E-state index in [2.05, 4.69) is 60.6 Å². The van der Waals surface area contributed by atoms with Crippen molar-refractivity contribution >= 4 is 11.9 Å². The number of hydrogen-bond donors (Lipinski definition) is 0.